The molecule has 2 amide bonds. The number of nitrogens with one attached hydrogen (secondary N) is 1. The molecule has 0 saturated carbocycles. The second-order valence-corrected chi connectivity index (χ2v) is 2.79. The van der Waals surface area contributed by atoms with Crippen LogP contribution in [-0.4, -0.2) is 17.1 Å². The Kier molecular flexibility index (Phi) is 2.71. The molecule has 1 rings (SSSR count). The molecule has 1 aromatic carbocycles. The van der Waals surface area contributed by atoms with Gasteiger partial charge in [0.25, 0.3) is 0 Å². The van der Waals surface area contributed by atoms with Crippen LogP contribution in [0.15, 0.2) is 18.2 Å². The van der Waals surface area contributed by atoms with Crippen LogP contribution in [0.2, 0.25) is 0 Å². The fraction of sp³-hybridized carbons (Fsp3) is 0.111. The number of urea groups is 1. The van der Waals surface area contributed by atoms with E-state index in [1.165, 1.54) is 6.07 Å². The second-order valence-electron chi connectivity index (χ2n) is 2.79. The van der Waals surface area contributed by atoms with Gasteiger partial charge in [0.1, 0.15) is 0 Å². The number of aromatic carboxylic acids is 1. The molecular formula is C9H10N2O3. The number of aryl methyl sites for hydroxylation is 1. The monoisotopic (exact) mass is 194 g/mol. The first-order chi connectivity index (χ1) is 6.52. The molecule has 5 nitrogen and oxygen atoms in total. The Morgan fingerprint density at radius 3 is 2.57 bits per heavy atom. The number of rotatable bonds is 2. The molecule has 0 aromatic heterocycles. The predicted molar refractivity (Wildman–Crippen MR) is 51.3 cm³/mol. The van der Waals surface area contributed by atoms with E-state index in [0.717, 1.165) is 0 Å². The van der Waals surface area contributed by atoms with E-state index in [4.69, 9.17) is 10.8 Å². The molecule has 0 aliphatic carbocycles. The summed E-state index contributed by atoms with van der Waals surface area (Å²) in [6, 6.07) is 4.00. The molecule has 0 atom stereocenters. The molecule has 74 valence electrons. The average molecular weight is 194 g/mol. The van der Waals surface area contributed by atoms with Crippen molar-refractivity contribution in [2.45, 2.75) is 6.92 Å². The topological polar surface area (TPSA) is 92.4 Å². The summed E-state index contributed by atoms with van der Waals surface area (Å²) >= 11 is 0. The summed E-state index contributed by atoms with van der Waals surface area (Å²) in [7, 11) is 0. The van der Waals surface area contributed by atoms with E-state index in [9.17, 15) is 9.59 Å². The Balaban J connectivity index is 3.21. The van der Waals surface area contributed by atoms with Crippen LogP contribution in [0.1, 0.15) is 15.9 Å². The molecule has 5 heteroatoms. The van der Waals surface area contributed by atoms with Gasteiger partial charge in [0.05, 0.1) is 11.3 Å². The van der Waals surface area contributed by atoms with Crippen molar-refractivity contribution in [1.82, 2.24) is 0 Å². The van der Waals surface area contributed by atoms with Gasteiger partial charge >= 0.3 is 12.0 Å². The van der Waals surface area contributed by atoms with E-state index in [1.807, 2.05) is 0 Å². The number of amides is 2. The van der Waals surface area contributed by atoms with Gasteiger partial charge in [-0.05, 0) is 18.6 Å². The first-order valence-corrected chi connectivity index (χ1v) is 3.91. The van der Waals surface area contributed by atoms with E-state index in [2.05, 4.69) is 5.32 Å². The zero-order valence-electron chi connectivity index (χ0n) is 7.57. The number of hydrogen-bond donors (Lipinski definition) is 3. The SMILES string of the molecule is Cc1cccc(NC(N)=O)c1C(=O)O. The molecule has 0 saturated heterocycles. The quantitative estimate of drug-likeness (QED) is 0.660. The largest absolute Gasteiger partial charge is 0.478 e. The van der Waals surface area contributed by atoms with Crippen molar-refractivity contribution in [3.63, 3.8) is 0 Å². The van der Waals surface area contributed by atoms with Gasteiger partial charge in [-0.3, -0.25) is 0 Å². The molecular weight excluding hydrogens is 184 g/mol. The maximum Gasteiger partial charge on any atom is 0.338 e. The second kappa shape index (κ2) is 3.78. The highest BCUT2D eigenvalue weighted by Gasteiger charge is 2.13. The third-order valence-corrected chi connectivity index (χ3v) is 1.74. The maximum atomic E-state index is 10.8. The van der Waals surface area contributed by atoms with E-state index in [0.29, 0.717) is 5.56 Å². The van der Waals surface area contributed by atoms with Gasteiger partial charge in [0.15, 0.2) is 0 Å². The van der Waals surface area contributed by atoms with Crippen molar-refractivity contribution in [1.29, 1.82) is 0 Å². The smallest absolute Gasteiger partial charge is 0.338 e. The highest BCUT2D eigenvalue weighted by Crippen LogP contribution is 2.18. The normalized spacial score (nSPS) is 9.50. The van der Waals surface area contributed by atoms with Gasteiger partial charge < -0.3 is 16.2 Å². The number of hydrogen-bond acceptors (Lipinski definition) is 2. The predicted octanol–water partition coefficient (Wildman–Crippen LogP) is 1.18. The number of anilines is 1. The summed E-state index contributed by atoms with van der Waals surface area (Å²) in [6.45, 7) is 1.65. The van der Waals surface area contributed by atoms with Crippen LogP contribution in [0.3, 0.4) is 0 Å². The van der Waals surface area contributed by atoms with Crippen molar-refractivity contribution >= 4 is 17.7 Å². The average Bonchev–Trinajstić information content (AvgIpc) is 2.01. The number of primary amides is 1. The van der Waals surface area contributed by atoms with Crippen LogP contribution in [0.4, 0.5) is 10.5 Å². The third kappa shape index (κ3) is 2.01. The molecule has 0 aliphatic heterocycles. The van der Waals surface area contributed by atoms with Crippen LogP contribution in [0, 0.1) is 6.92 Å². The molecule has 0 bridgehead atoms. The molecule has 14 heavy (non-hydrogen) atoms. The first kappa shape index (κ1) is 10.0. The minimum absolute atomic E-state index is 0.0614. The Labute approximate surface area is 80.5 Å². The molecule has 0 aliphatic rings. The zero-order valence-corrected chi connectivity index (χ0v) is 7.57. The van der Waals surface area contributed by atoms with Gasteiger partial charge in [-0.1, -0.05) is 12.1 Å². The van der Waals surface area contributed by atoms with E-state index in [1.54, 1.807) is 19.1 Å². The highest BCUT2D eigenvalue weighted by atomic mass is 16.4. The Morgan fingerprint density at radius 1 is 1.43 bits per heavy atom. The lowest BCUT2D eigenvalue weighted by Gasteiger charge is -2.08. The lowest BCUT2D eigenvalue weighted by molar-refractivity contribution is 0.0697. The summed E-state index contributed by atoms with van der Waals surface area (Å²) < 4.78 is 0. The summed E-state index contributed by atoms with van der Waals surface area (Å²) in [5, 5.41) is 11.1. The Bertz CT molecular complexity index is 388. The van der Waals surface area contributed by atoms with Crippen LogP contribution in [0.25, 0.3) is 0 Å². The maximum absolute atomic E-state index is 10.8. The summed E-state index contributed by atoms with van der Waals surface area (Å²) in [4.78, 5) is 21.4. The lowest BCUT2D eigenvalue weighted by atomic mass is 10.1. The van der Waals surface area contributed by atoms with Crippen molar-refractivity contribution in [3.8, 4) is 0 Å². The summed E-state index contributed by atoms with van der Waals surface area (Å²) in [6.07, 6.45) is 0. The molecule has 0 fully saturated rings. The molecule has 4 N–H and O–H groups in total. The van der Waals surface area contributed by atoms with Crippen LogP contribution >= 0.6 is 0 Å². The van der Waals surface area contributed by atoms with Gasteiger partial charge in [-0.15, -0.1) is 0 Å². The first-order valence-electron chi connectivity index (χ1n) is 3.91. The highest BCUT2D eigenvalue weighted by molar-refractivity contribution is 6.00. The van der Waals surface area contributed by atoms with Crippen molar-refractivity contribution < 1.29 is 14.7 Å². The van der Waals surface area contributed by atoms with Gasteiger partial charge in [-0.25, -0.2) is 9.59 Å². The van der Waals surface area contributed by atoms with Crippen molar-refractivity contribution in [3.05, 3.63) is 29.3 Å². The zero-order chi connectivity index (χ0) is 10.7. The van der Waals surface area contributed by atoms with Gasteiger partial charge in [0.2, 0.25) is 0 Å². The summed E-state index contributed by atoms with van der Waals surface area (Å²) in [5.41, 5.74) is 5.75. The van der Waals surface area contributed by atoms with Crippen LogP contribution in [-0.2, 0) is 0 Å². The molecule has 1 aromatic rings. The van der Waals surface area contributed by atoms with Gasteiger partial charge in [-0.2, -0.15) is 0 Å². The number of carbonyl (C=O) groups excluding carboxylic acids is 1. The number of carboxylic acids is 1. The number of benzene rings is 1. The van der Waals surface area contributed by atoms with Crippen LogP contribution < -0.4 is 11.1 Å². The summed E-state index contributed by atoms with van der Waals surface area (Å²) in [5.74, 6) is -1.09. The minimum Gasteiger partial charge on any atom is -0.478 e. The minimum atomic E-state index is -1.09. The van der Waals surface area contributed by atoms with Crippen LogP contribution in [0.5, 0.6) is 0 Å². The van der Waals surface area contributed by atoms with E-state index in [-0.39, 0.29) is 11.3 Å². The number of carbonyl (C=O) groups is 2. The molecule has 0 heterocycles. The Morgan fingerprint density at radius 2 is 2.07 bits per heavy atom. The number of carboxylic acid groups (broad SMARTS) is 1. The third-order valence-electron chi connectivity index (χ3n) is 1.74. The standard InChI is InChI=1S/C9H10N2O3/c1-5-3-2-4-6(11-9(10)14)7(5)8(12)13/h2-4H,1H3,(H,12,13)(H3,10,11,14). The lowest BCUT2D eigenvalue weighted by Crippen LogP contribution is -2.21. The van der Waals surface area contributed by atoms with Crippen molar-refractivity contribution in [2.75, 3.05) is 5.32 Å². The van der Waals surface area contributed by atoms with Crippen molar-refractivity contribution in [2.24, 2.45) is 5.73 Å². The molecule has 0 unspecified atom stereocenters. The molecule has 0 radical (unpaired) electrons. The Hall–Kier alpha value is -2.04. The van der Waals surface area contributed by atoms with E-state index < -0.39 is 12.0 Å². The van der Waals surface area contributed by atoms with E-state index >= 15 is 0 Å². The molecule has 0 spiro atoms. The van der Waals surface area contributed by atoms with Gasteiger partial charge in [0, 0.05) is 0 Å². The number of nitrogens with two attached hydrogens (primary N) is 1. The fourth-order valence-corrected chi connectivity index (χ4v) is 1.19. The fourth-order valence-electron chi connectivity index (χ4n) is 1.19.